The Hall–Kier alpha value is -2.45. The molecule has 3 rings (SSSR count). The number of hydrogen-bond donors (Lipinski definition) is 1. The quantitative estimate of drug-likeness (QED) is 0.473. The number of nitrogens with zero attached hydrogens (tertiary/aromatic N) is 1. The highest BCUT2D eigenvalue weighted by Crippen LogP contribution is 2.46. The molecular formula is C26H30ClNO. The number of hydrogen-bond acceptors (Lipinski definition) is 2. The molecule has 2 nitrogen and oxygen atoms in total. The largest absolute Gasteiger partial charge is 0.505 e. The monoisotopic (exact) mass is 407 g/mol. The van der Waals surface area contributed by atoms with Gasteiger partial charge in [0.2, 0.25) is 0 Å². The Morgan fingerprint density at radius 2 is 1.28 bits per heavy atom. The summed E-state index contributed by atoms with van der Waals surface area (Å²) in [6.45, 7) is 13.0. The van der Waals surface area contributed by atoms with Crippen LogP contribution in [0.1, 0.15) is 52.7 Å². The molecule has 0 spiro atoms. The summed E-state index contributed by atoms with van der Waals surface area (Å²) in [5, 5.41) is 12.1. The first-order chi connectivity index (χ1) is 13.5. The minimum absolute atomic E-state index is 0.0508. The van der Waals surface area contributed by atoms with Crippen LogP contribution in [0.4, 0.5) is 17.1 Å². The predicted molar refractivity (Wildman–Crippen MR) is 125 cm³/mol. The van der Waals surface area contributed by atoms with Gasteiger partial charge in [0.1, 0.15) is 5.75 Å². The van der Waals surface area contributed by atoms with Crippen LogP contribution in [-0.4, -0.2) is 5.11 Å². The summed E-state index contributed by atoms with van der Waals surface area (Å²) in [6.07, 6.45) is 0. The van der Waals surface area contributed by atoms with Crippen LogP contribution in [0.2, 0.25) is 5.02 Å². The first-order valence-corrected chi connectivity index (χ1v) is 10.3. The van der Waals surface area contributed by atoms with Crippen LogP contribution >= 0.6 is 11.6 Å². The summed E-state index contributed by atoms with van der Waals surface area (Å²) in [7, 11) is 0. The van der Waals surface area contributed by atoms with E-state index in [9.17, 15) is 5.11 Å². The highest BCUT2D eigenvalue weighted by Gasteiger charge is 2.28. The zero-order valence-electron chi connectivity index (χ0n) is 18.1. The van der Waals surface area contributed by atoms with Gasteiger partial charge in [0, 0.05) is 22.0 Å². The SMILES string of the molecule is CC(C)(C)c1cc(N(c2ccccc2)c2ccc(Cl)cc2)c(O)c(C(C)(C)C)c1. The molecule has 0 aliphatic rings. The van der Waals surface area contributed by atoms with E-state index in [0.29, 0.717) is 10.8 Å². The summed E-state index contributed by atoms with van der Waals surface area (Å²) >= 11 is 6.14. The smallest absolute Gasteiger partial charge is 0.143 e. The summed E-state index contributed by atoms with van der Waals surface area (Å²) in [4.78, 5) is 2.09. The van der Waals surface area contributed by atoms with Gasteiger partial charge < -0.3 is 10.0 Å². The van der Waals surface area contributed by atoms with Crippen molar-refractivity contribution in [1.82, 2.24) is 0 Å². The number of benzene rings is 3. The van der Waals surface area contributed by atoms with E-state index in [1.54, 1.807) is 0 Å². The third kappa shape index (κ3) is 4.59. The molecule has 0 unspecified atom stereocenters. The molecule has 3 heteroatoms. The lowest BCUT2D eigenvalue weighted by Crippen LogP contribution is -2.19. The number of phenolic OH excluding ortho intramolecular Hbond substituents is 1. The van der Waals surface area contributed by atoms with Gasteiger partial charge in [-0.05, 0) is 58.9 Å². The van der Waals surface area contributed by atoms with E-state index < -0.39 is 0 Å². The van der Waals surface area contributed by atoms with Gasteiger partial charge in [0.25, 0.3) is 0 Å². The van der Waals surface area contributed by atoms with Crippen LogP contribution in [-0.2, 0) is 10.8 Å². The van der Waals surface area contributed by atoms with Crippen LogP contribution in [0.25, 0.3) is 0 Å². The van der Waals surface area contributed by atoms with Crippen molar-refractivity contribution in [2.75, 3.05) is 4.90 Å². The molecule has 0 aliphatic carbocycles. The van der Waals surface area contributed by atoms with E-state index in [0.717, 1.165) is 22.6 Å². The van der Waals surface area contributed by atoms with Crippen molar-refractivity contribution in [2.24, 2.45) is 0 Å². The molecule has 1 N–H and O–H groups in total. The van der Waals surface area contributed by atoms with Crippen molar-refractivity contribution < 1.29 is 5.11 Å². The highest BCUT2D eigenvalue weighted by molar-refractivity contribution is 6.30. The van der Waals surface area contributed by atoms with Gasteiger partial charge in [-0.2, -0.15) is 0 Å². The molecule has 0 saturated carbocycles. The Bertz CT molecular complexity index is 980. The summed E-state index contributed by atoms with van der Waals surface area (Å²) < 4.78 is 0. The number of anilines is 3. The third-order valence-corrected chi connectivity index (χ3v) is 5.36. The lowest BCUT2D eigenvalue weighted by atomic mass is 9.79. The second-order valence-electron chi connectivity index (χ2n) is 9.54. The van der Waals surface area contributed by atoms with Gasteiger partial charge in [-0.3, -0.25) is 0 Å². The van der Waals surface area contributed by atoms with Crippen molar-refractivity contribution in [2.45, 2.75) is 52.4 Å². The maximum absolute atomic E-state index is 11.4. The van der Waals surface area contributed by atoms with Gasteiger partial charge in [-0.15, -0.1) is 0 Å². The molecule has 152 valence electrons. The number of halogens is 1. The molecular weight excluding hydrogens is 378 g/mol. The minimum atomic E-state index is -0.192. The van der Waals surface area contributed by atoms with E-state index >= 15 is 0 Å². The van der Waals surface area contributed by atoms with Crippen molar-refractivity contribution in [3.05, 3.63) is 82.9 Å². The average molecular weight is 408 g/mol. The first kappa shape index (κ1) is 21.3. The lowest BCUT2D eigenvalue weighted by Gasteiger charge is -2.32. The maximum Gasteiger partial charge on any atom is 0.143 e. The molecule has 0 amide bonds. The summed E-state index contributed by atoms with van der Waals surface area (Å²) in [6, 6.07) is 22.1. The second-order valence-corrected chi connectivity index (χ2v) is 9.98. The van der Waals surface area contributed by atoms with E-state index in [4.69, 9.17) is 11.6 Å². The van der Waals surface area contributed by atoms with Gasteiger partial charge in [0.05, 0.1) is 5.69 Å². The Kier molecular flexibility index (Phi) is 5.69. The Morgan fingerprint density at radius 3 is 1.79 bits per heavy atom. The zero-order chi connectivity index (χ0) is 21.4. The molecule has 0 aromatic heterocycles. The third-order valence-electron chi connectivity index (χ3n) is 5.10. The zero-order valence-corrected chi connectivity index (χ0v) is 18.9. The Balaban J connectivity index is 2.34. The molecule has 0 fully saturated rings. The van der Waals surface area contributed by atoms with Crippen molar-refractivity contribution in [3.63, 3.8) is 0 Å². The van der Waals surface area contributed by atoms with E-state index in [2.05, 4.69) is 70.7 Å². The van der Waals surface area contributed by atoms with Crippen LogP contribution in [0.3, 0.4) is 0 Å². The maximum atomic E-state index is 11.4. The second kappa shape index (κ2) is 7.76. The van der Waals surface area contributed by atoms with Crippen LogP contribution < -0.4 is 4.90 Å². The summed E-state index contributed by atoms with van der Waals surface area (Å²) in [5.74, 6) is 0.310. The molecule has 0 radical (unpaired) electrons. The van der Waals surface area contributed by atoms with Gasteiger partial charge >= 0.3 is 0 Å². The fourth-order valence-electron chi connectivity index (χ4n) is 3.39. The Morgan fingerprint density at radius 1 is 0.724 bits per heavy atom. The molecule has 0 heterocycles. The molecule has 0 aliphatic heterocycles. The molecule has 3 aromatic rings. The molecule has 29 heavy (non-hydrogen) atoms. The van der Waals surface area contributed by atoms with E-state index in [1.807, 2.05) is 42.5 Å². The van der Waals surface area contributed by atoms with E-state index in [-0.39, 0.29) is 10.8 Å². The fraction of sp³-hybridized carbons (Fsp3) is 0.308. The number of aromatic hydroxyl groups is 1. The average Bonchev–Trinajstić information content (AvgIpc) is 2.64. The predicted octanol–water partition coefficient (Wildman–Crippen LogP) is 8.11. The van der Waals surface area contributed by atoms with Crippen LogP contribution in [0.5, 0.6) is 5.75 Å². The normalized spacial score (nSPS) is 12.1. The number of rotatable bonds is 3. The molecule has 3 aromatic carbocycles. The van der Waals surface area contributed by atoms with Crippen molar-refractivity contribution >= 4 is 28.7 Å². The van der Waals surface area contributed by atoms with Gasteiger partial charge in [0.15, 0.2) is 0 Å². The standard InChI is InChI=1S/C26H30ClNO/c1-25(2,3)18-16-22(26(4,5)6)24(29)23(17-18)28(20-10-8-7-9-11-20)21-14-12-19(27)13-15-21/h7-17,29H,1-6H3. The molecule has 0 atom stereocenters. The van der Waals surface area contributed by atoms with Crippen LogP contribution in [0, 0.1) is 0 Å². The molecule has 0 saturated heterocycles. The van der Waals surface area contributed by atoms with Crippen molar-refractivity contribution in [3.8, 4) is 5.75 Å². The van der Waals surface area contributed by atoms with Crippen molar-refractivity contribution in [1.29, 1.82) is 0 Å². The highest BCUT2D eigenvalue weighted by atomic mass is 35.5. The first-order valence-electron chi connectivity index (χ1n) is 9.97. The molecule has 0 bridgehead atoms. The minimum Gasteiger partial charge on any atom is -0.505 e. The van der Waals surface area contributed by atoms with Crippen LogP contribution in [0.15, 0.2) is 66.7 Å². The Labute approximate surface area is 179 Å². The van der Waals surface area contributed by atoms with E-state index in [1.165, 1.54) is 5.56 Å². The summed E-state index contributed by atoms with van der Waals surface area (Å²) in [5.41, 5.74) is 4.58. The fourth-order valence-corrected chi connectivity index (χ4v) is 3.51. The topological polar surface area (TPSA) is 23.5 Å². The van der Waals surface area contributed by atoms with Gasteiger partial charge in [-0.25, -0.2) is 0 Å². The lowest BCUT2D eigenvalue weighted by molar-refractivity contribution is 0.446. The van der Waals surface area contributed by atoms with Gasteiger partial charge in [-0.1, -0.05) is 77.4 Å². The number of para-hydroxylation sites is 1. The number of phenols is 1.